The summed E-state index contributed by atoms with van der Waals surface area (Å²) in [5.41, 5.74) is 8.66. The van der Waals surface area contributed by atoms with Crippen LogP contribution in [0.1, 0.15) is 37.8 Å². The van der Waals surface area contributed by atoms with Crippen LogP contribution in [0.3, 0.4) is 0 Å². The fraction of sp³-hybridized carbons (Fsp3) is 0.400. The normalized spacial score (nSPS) is 13.2. The Kier molecular flexibility index (Phi) is 3.53. The van der Waals surface area contributed by atoms with Gasteiger partial charge in [0.1, 0.15) is 0 Å². The molecule has 1 aromatic carbocycles. The van der Waals surface area contributed by atoms with Crippen LogP contribution in [0, 0.1) is 0 Å². The van der Waals surface area contributed by atoms with E-state index in [4.69, 9.17) is 5.73 Å². The largest absolute Gasteiger partial charge is 0.328 e. The predicted octanol–water partition coefficient (Wildman–Crippen LogP) is 2.54. The maximum absolute atomic E-state index is 11.9. The molecule has 0 saturated carbocycles. The van der Waals surface area contributed by atoms with Gasteiger partial charge in [0.25, 0.3) is 5.56 Å². The number of nitrogens with one attached hydrogen (secondary N) is 1. The average Bonchev–Trinajstić information content (AvgIpc) is 2.28. The molecule has 2 aromatic rings. The van der Waals surface area contributed by atoms with Gasteiger partial charge in [0.2, 0.25) is 0 Å². The van der Waals surface area contributed by atoms with Gasteiger partial charge in [0.15, 0.2) is 0 Å². The molecule has 1 aromatic heterocycles. The lowest BCUT2D eigenvalue weighted by molar-refractivity contribution is 0.732. The minimum absolute atomic E-state index is 0.00293. The number of pyridine rings is 1. The summed E-state index contributed by atoms with van der Waals surface area (Å²) in [6, 6.07) is 8.14. The Bertz CT molecular complexity index is 611. The molecule has 0 spiro atoms. The molecule has 1 unspecified atom stereocenters. The molecule has 1 atom stereocenters. The van der Waals surface area contributed by atoms with Gasteiger partial charge >= 0.3 is 0 Å². The zero-order chi connectivity index (χ0) is 13.3. The first-order valence-electron chi connectivity index (χ1n) is 6.39. The summed E-state index contributed by atoms with van der Waals surface area (Å²) in [6.45, 7) is 6.24. The Morgan fingerprint density at radius 2 is 1.94 bits per heavy atom. The van der Waals surface area contributed by atoms with Gasteiger partial charge in [-0.15, -0.1) is 0 Å². The van der Waals surface area contributed by atoms with Crippen molar-refractivity contribution in [2.45, 2.75) is 39.2 Å². The van der Waals surface area contributed by atoms with Crippen LogP contribution in [0.2, 0.25) is 0 Å². The van der Waals surface area contributed by atoms with Gasteiger partial charge in [0.05, 0.1) is 0 Å². The molecule has 0 aliphatic rings. The van der Waals surface area contributed by atoms with Gasteiger partial charge in [-0.05, 0) is 48.4 Å². The monoisotopic (exact) mass is 244 g/mol. The quantitative estimate of drug-likeness (QED) is 0.871. The maximum Gasteiger partial charge on any atom is 0.251 e. The summed E-state index contributed by atoms with van der Waals surface area (Å²) >= 11 is 0. The Labute approximate surface area is 107 Å². The van der Waals surface area contributed by atoms with Crippen molar-refractivity contribution in [2.24, 2.45) is 5.73 Å². The van der Waals surface area contributed by atoms with E-state index < -0.39 is 0 Å². The standard InChI is InChI=1S/C15H20N2O/c1-9(2)11-4-5-14-12(7-11)8-13(6-10(3)16)15(18)17-14/h4-5,7-10H,6,16H2,1-3H3,(H,17,18). The molecule has 3 N–H and O–H groups in total. The van der Waals surface area contributed by atoms with Gasteiger partial charge in [-0.25, -0.2) is 0 Å². The first kappa shape index (κ1) is 12.8. The smallest absolute Gasteiger partial charge is 0.251 e. The van der Waals surface area contributed by atoms with Crippen LogP contribution in [-0.4, -0.2) is 11.0 Å². The van der Waals surface area contributed by atoms with Gasteiger partial charge in [-0.1, -0.05) is 19.9 Å². The summed E-state index contributed by atoms with van der Waals surface area (Å²) in [5.74, 6) is 0.484. The zero-order valence-corrected chi connectivity index (χ0v) is 11.2. The predicted molar refractivity (Wildman–Crippen MR) is 76.0 cm³/mol. The maximum atomic E-state index is 11.9. The topological polar surface area (TPSA) is 58.9 Å². The molecule has 0 radical (unpaired) electrons. The first-order valence-corrected chi connectivity index (χ1v) is 6.39. The third kappa shape index (κ3) is 2.62. The van der Waals surface area contributed by atoms with E-state index in [9.17, 15) is 4.79 Å². The number of aromatic nitrogens is 1. The van der Waals surface area contributed by atoms with Crippen LogP contribution < -0.4 is 11.3 Å². The molecule has 96 valence electrons. The number of hydrogen-bond donors (Lipinski definition) is 2. The van der Waals surface area contributed by atoms with E-state index in [0.717, 1.165) is 16.5 Å². The van der Waals surface area contributed by atoms with E-state index in [1.807, 2.05) is 19.1 Å². The molecule has 0 fully saturated rings. The highest BCUT2D eigenvalue weighted by Gasteiger charge is 2.07. The van der Waals surface area contributed by atoms with Crippen molar-refractivity contribution in [2.75, 3.05) is 0 Å². The van der Waals surface area contributed by atoms with Crippen molar-refractivity contribution in [3.8, 4) is 0 Å². The highest BCUT2D eigenvalue weighted by molar-refractivity contribution is 5.79. The summed E-state index contributed by atoms with van der Waals surface area (Å²) < 4.78 is 0. The molecule has 0 amide bonds. The number of aromatic amines is 1. The van der Waals surface area contributed by atoms with Gasteiger partial charge < -0.3 is 10.7 Å². The van der Waals surface area contributed by atoms with Crippen LogP contribution in [0.4, 0.5) is 0 Å². The fourth-order valence-corrected chi connectivity index (χ4v) is 2.13. The van der Waals surface area contributed by atoms with E-state index in [0.29, 0.717) is 12.3 Å². The first-order chi connectivity index (χ1) is 8.47. The lowest BCUT2D eigenvalue weighted by atomic mass is 9.99. The molecule has 2 rings (SSSR count). The summed E-state index contributed by atoms with van der Waals surface area (Å²) in [5, 5.41) is 1.08. The fourth-order valence-electron chi connectivity index (χ4n) is 2.13. The van der Waals surface area contributed by atoms with Crippen molar-refractivity contribution in [3.05, 3.63) is 45.7 Å². The molecule has 0 aliphatic heterocycles. The summed E-state index contributed by atoms with van der Waals surface area (Å²) in [7, 11) is 0. The second kappa shape index (κ2) is 4.94. The Morgan fingerprint density at radius 3 is 2.56 bits per heavy atom. The number of hydrogen-bond acceptors (Lipinski definition) is 2. The van der Waals surface area contributed by atoms with Crippen LogP contribution in [0.25, 0.3) is 10.9 Å². The van der Waals surface area contributed by atoms with Crippen molar-refractivity contribution < 1.29 is 0 Å². The number of benzene rings is 1. The summed E-state index contributed by atoms with van der Waals surface area (Å²) in [6.07, 6.45) is 0.608. The van der Waals surface area contributed by atoms with Crippen LogP contribution in [-0.2, 0) is 6.42 Å². The van der Waals surface area contributed by atoms with Gasteiger partial charge in [-0.3, -0.25) is 4.79 Å². The minimum atomic E-state index is -0.0305. The van der Waals surface area contributed by atoms with E-state index >= 15 is 0 Å². The van der Waals surface area contributed by atoms with E-state index in [1.165, 1.54) is 5.56 Å². The molecular weight excluding hydrogens is 224 g/mol. The summed E-state index contributed by atoms with van der Waals surface area (Å²) in [4.78, 5) is 14.8. The van der Waals surface area contributed by atoms with E-state index in [-0.39, 0.29) is 11.6 Å². The third-order valence-corrected chi connectivity index (χ3v) is 3.15. The molecule has 3 heteroatoms. The molecule has 0 saturated heterocycles. The van der Waals surface area contributed by atoms with Crippen molar-refractivity contribution in [3.63, 3.8) is 0 Å². The van der Waals surface area contributed by atoms with Gasteiger partial charge in [0, 0.05) is 17.1 Å². The van der Waals surface area contributed by atoms with Crippen LogP contribution >= 0.6 is 0 Å². The Balaban J connectivity index is 2.56. The minimum Gasteiger partial charge on any atom is -0.328 e. The number of fused-ring (bicyclic) bond motifs is 1. The highest BCUT2D eigenvalue weighted by Crippen LogP contribution is 2.20. The van der Waals surface area contributed by atoms with Crippen LogP contribution in [0.5, 0.6) is 0 Å². The second-order valence-corrected chi connectivity index (χ2v) is 5.31. The number of nitrogens with two attached hydrogens (primary N) is 1. The van der Waals surface area contributed by atoms with Gasteiger partial charge in [-0.2, -0.15) is 0 Å². The third-order valence-electron chi connectivity index (χ3n) is 3.15. The average molecular weight is 244 g/mol. The molecule has 3 nitrogen and oxygen atoms in total. The van der Waals surface area contributed by atoms with E-state index in [1.54, 1.807) is 0 Å². The molecule has 18 heavy (non-hydrogen) atoms. The Hall–Kier alpha value is -1.61. The Morgan fingerprint density at radius 1 is 1.22 bits per heavy atom. The van der Waals surface area contributed by atoms with Crippen molar-refractivity contribution in [1.29, 1.82) is 0 Å². The van der Waals surface area contributed by atoms with Crippen molar-refractivity contribution >= 4 is 10.9 Å². The zero-order valence-electron chi connectivity index (χ0n) is 11.2. The van der Waals surface area contributed by atoms with Crippen LogP contribution in [0.15, 0.2) is 29.1 Å². The second-order valence-electron chi connectivity index (χ2n) is 5.31. The lowest BCUT2D eigenvalue weighted by Gasteiger charge is -2.09. The van der Waals surface area contributed by atoms with Crippen molar-refractivity contribution in [1.82, 2.24) is 4.98 Å². The number of H-pyrrole nitrogens is 1. The molecule has 0 bridgehead atoms. The SMILES string of the molecule is CC(N)Cc1cc2cc(C(C)C)ccc2[nH]c1=O. The molecular formula is C15H20N2O. The molecule has 0 aliphatic carbocycles. The lowest BCUT2D eigenvalue weighted by Crippen LogP contribution is -2.23. The molecule has 1 heterocycles. The van der Waals surface area contributed by atoms with E-state index in [2.05, 4.69) is 31.0 Å². The number of rotatable bonds is 3. The highest BCUT2D eigenvalue weighted by atomic mass is 16.1.